The van der Waals surface area contributed by atoms with Crippen LogP contribution in [0.1, 0.15) is 38.7 Å². The lowest BCUT2D eigenvalue weighted by molar-refractivity contribution is 0.609. The van der Waals surface area contributed by atoms with Gasteiger partial charge in [0.2, 0.25) is 0 Å². The minimum atomic E-state index is -0.188. The number of benzene rings is 1. The number of hydrogen-bond donors (Lipinski definition) is 0. The second-order valence-electron chi connectivity index (χ2n) is 4.85. The van der Waals surface area contributed by atoms with E-state index < -0.39 is 0 Å². The van der Waals surface area contributed by atoms with E-state index in [1.807, 2.05) is 6.07 Å². The number of halogens is 2. The van der Waals surface area contributed by atoms with Gasteiger partial charge in [-0.05, 0) is 49.9 Å². The zero-order valence-corrected chi connectivity index (χ0v) is 11.2. The summed E-state index contributed by atoms with van der Waals surface area (Å²) in [7, 11) is 0. The normalized spacial score (nSPS) is 24.4. The Morgan fingerprint density at radius 1 is 1.35 bits per heavy atom. The minimum absolute atomic E-state index is 0.188. The van der Waals surface area contributed by atoms with E-state index in [1.54, 1.807) is 6.07 Å². The van der Waals surface area contributed by atoms with Crippen LogP contribution in [-0.2, 0) is 5.88 Å². The standard InChI is InChI=1S/C14H19ClFN/c1-3-13-5-4-10(2)17(13)14-7-11(9-15)6-12(16)8-14/h6-8,10,13H,3-5,9H2,1-2H3. The number of alkyl halides is 1. The predicted octanol–water partition coefficient (Wildman–Crippen LogP) is 4.33. The van der Waals surface area contributed by atoms with Gasteiger partial charge in [-0.3, -0.25) is 0 Å². The topological polar surface area (TPSA) is 3.24 Å². The fourth-order valence-electron chi connectivity index (χ4n) is 2.80. The second kappa shape index (κ2) is 5.26. The van der Waals surface area contributed by atoms with Crippen molar-refractivity contribution in [3.63, 3.8) is 0 Å². The summed E-state index contributed by atoms with van der Waals surface area (Å²) in [6.07, 6.45) is 3.49. The van der Waals surface area contributed by atoms with Crippen molar-refractivity contribution in [3.8, 4) is 0 Å². The summed E-state index contributed by atoms with van der Waals surface area (Å²) in [6, 6.07) is 6.18. The lowest BCUT2D eigenvalue weighted by atomic mass is 10.1. The molecule has 1 fully saturated rings. The molecule has 1 aliphatic heterocycles. The number of nitrogens with zero attached hydrogens (tertiary/aromatic N) is 1. The molecule has 0 radical (unpaired) electrons. The van der Waals surface area contributed by atoms with Crippen LogP contribution < -0.4 is 4.90 Å². The molecule has 0 aromatic heterocycles. The molecule has 94 valence electrons. The Labute approximate surface area is 108 Å². The zero-order chi connectivity index (χ0) is 12.4. The van der Waals surface area contributed by atoms with E-state index in [9.17, 15) is 4.39 Å². The third-order valence-electron chi connectivity index (χ3n) is 3.65. The first-order valence-corrected chi connectivity index (χ1v) is 6.83. The van der Waals surface area contributed by atoms with Crippen molar-refractivity contribution in [3.05, 3.63) is 29.6 Å². The molecule has 0 saturated carbocycles. The van der Waals surface area contributed by atoms with Crippen LogP contribution in [0.2, 0.25) is 0 Å². The molecule has 1 heterocycles. The van der Waals surface area contributed by atoms with Crippen molar-refractivity contribution in [2.75, 3.05) is 4.90 Å². The third kappa shape index (κ3) is 2.57. The molecule has 0 aliphatic carbocycles. The molecule has 1 aliphatic rings. The van der Waals surface area contributed by atoms with Gasteiger partial charge in [0, 0.05) is 23.7 Å². The van der Waals surface area contributed by atoms with Gasteiger partial charge in [-0.15, -0.1) is 11.6 Å². The van der Waals surface area contributed by atoms with Crippen LogP contribution in [0.15, 0.2) is 18.2 Å². The van der Waals surface area contributed by atoms with E-state index in [4.69, 9.17) is 11.6 Å². The summed E-state index contributed by atoms with van der Waals surface area (Å²) in [5.74, 6) is 0.177. The van der Waals surface area contributed by atoms with E-state index in [2.05, 4.69) is 18.7 Å². The molecule has 2 rings (SSSR count). The maximum absolute atomic E-state index is 13.5. The van der Waals surface area contributed by atoms with Crippen LogP contribution in [0.25, 0.3) is 0 Å². The molecule has 2 unspecified atom stereocenters. The fourth-order valence-corrected chi connectivity index (χ4v) is 2.95. The molecule has 3 heteroatoms. The molecule has 2 atom stereocenters. The highest BCUT2D eigenvalue weighted by Gasteiger charge is 2.29. The maximum Gasteiger partial charge on any atom is 0.125 e. The number of anilines is 1. The molecule has 0 N–H and O–H groups in total. The lowest BCUT2D eigenvalue weighted by Crippen LogP contribution is -2.34. The quantitative estimate of drug-likeness (QED) is 0.727. The summed E-state index contributed by atoms with van der Waals surface area (Å²) < 4.78 is 13.5. The minimum Gasteiger partial charge on any atom is -0.366 e. The Morgan fingerprint density at radius 2 is 2.12 bits per heavy atom. The molecule has 0 spiro atoms. The molecule has 17 heavy (non-hydrogen) atoms. The average Bonchev–Trinajstić information content (AvgIpc) is 2.69. The molecule has 1 aromatic rings. The van der Waals surface area contributed by atoms with Crippen molar-refractivity contribution in [2.24, 2.45) is 0 Å². The van der Waals surface area contributed by atoms with E-state index in [0.717, 1.165) is 17.7 Å². The van der Waals surface area contributed by atoms with Crippen LogP contribution in [-0.4, -0.2) is 12.1 Å². The van der Waals surface area contributed by atoms with Crippen molar-refractivity contribution < 1.29 is 4.39 Å². The van der Waals surface area contributed by atoms with Gasteiger partial charge in [0.1, 0.15) is 5.82 Å². The SMILES string of the molecule is CCC1CCC(C)N1c1cc(F)cc(CCl)c1. The van der Waals surface area contributed by atoms with Crippen molar-refractivity contribution in [1.82, 2.24) is 0 Å². The van der Waals surface area contributed by atoms with Crippen LogP contribution in [0.3, 0.4) is 0 Å². The Bertz CT molecular complexity index is 394. The van der Waals surface area contributed by atoms with Gasteiger partial charge in [-0.25, -0.2) is 4.39 Å². The van der Waals surface area contributed by atoms with E-state index in [0.29, 0.717) is 18.0 Å². The van der Waals surface area contributed by atoms with E-state index >= 15 is 0 Å². The van der Waals surface area contributed by atoms with Gasteiger partial charge >= 0.3 is 0 Å². The van der Waals surface area contributed by atoms with Gasteiger partial charge in [0.25, 0.3) is 0 Å². The summed E-state index contributed by atoms with van der Waals surface area (Å²) in [4.78, 5) is 2.35. The summed E-state index contributed by atoms with van der Waals surface area (Å²) in [5, 5.41) is 0. The lowest BCUT2D eigenvalue weighted by Gasteiger charge is -2.30. The van der Waals surface area contributed by atoms with Crippen LogP contribution >= 0.6 is 11.6 Å². The molecule has 0 amide bonds. The first-order valence-electron chi connectivity index (χ1n) is 6.29. The van der Waals surface area contributed by atoms with Gasteiger partial charge in [-0.1, -0.05) is 6.92 Å². The summed E-state index contributed by atoms with van der Waals surface area (Å²) >= 11 is 5.80. The Balaban J connectivity index is 2.34. The fraction of sp³-hybridized carbons (Fsp3) is 0.571. The average molecular weight is 256 g/mol. The predicted molar refractivity (Wildman–Crippen MR) is 71.2 cm³/mol. The van der Waals surface area contributed by atoms with Crippen molar-refractivity contribution in [2.45, 2.75) is 51.1 Å². The monoisotopic (exact) mass is 255 g/mol. The highest BCUT2D eigenvalue weighted by Crippen LogP contribution is 2.33. The van der Waals surface area contributed by atoms with E-state index in [1.165, 1.54) is 18.9 Å². The van der Waals surface area contributed by atoms with Crippen molar-refractivity contribution >= 4 is 17.3 Å². The molecule has 1 saturated heterocycles. The van der Waals surface area contributed by atoms with Crippen LogP contribution in [0.5, 0.6) is 0 Å². The van der Waals surface area contributed by atoms with Gasteiger partial charge in [0.05, 0.1) is 0 Å². The summed E-state index contributed by atoms with van der Waals surface area (Å²) in [6.45, 7) is 4.40. The zero-order valence-electron chi connectivity index (χ0n) is 10.4. The Morgan fingerprint density at radius 3 is 2.76 bits per heavy atom. The number of hydrogen-bond acceptors (Lipinski definition) is 1. The molecule has 1 aromatic carbocycles. The third-order valence-corrected chi connectivity index (χ3v) is 3.96. The highest BCUT2D eigenvalue weighted by atomic mass is 35.5. The molecular formula is C14H19ClFN. The second-order valence-corrected chi connectivity index (χ2v) is 5.11. The largest absolute Gasteiger partial charge is 0.366 e. The van der Waals surface area contributed by atoms with Crippen molar-refractivity contribution in [1.29, 1.82) is 0 Å². The highest BCUT2D eigenvalue weighted by molar-refractivity contribution is 6.17. The van der Waals surface area contributed by atoms with Gasteiger partial charge in [-0.2, -0.15) is 0 Å². The van der Waals surface area contributed by atoms with E-state index in [-0.39, 0.29) is 5.82 Å². The first-order chi connectivity index (χ1) is 8.15. The Kier molecular flexibility index (Phi) is 3.93. The maximum atomic E-state index is 13.5. The first kappa shape index (κ1) is 12.7. The van der Waals surface area contributed by atoms with Gasteiger partial charge in [0.15, 0.2) is 0 Å². The number of rotatable bonds is 3. The summed E-state index contributed by atoms with van der Waals surface area (Å²) in [5.41, 5.74) is 1.84. The Hall–Kier alpha value is -0.760. The molecular weight excluding hydrogens is 237 g/mol. The molecule has 0 bridgehead atoms. The smallest absolute Gasteiger partial charge is 0.125 e. The van der Waals surface area contributed by atoms with Gasteiger partial charge < -0.3 is 4.90 Å². The van der Waals surface area contributed by atoms with Crippen LogP contribution in [0, 0.1) is 5.82 Å². The van der Waals surface area contributed by atoms with Crippen LogP contribution in [0.4, 0.5) is 10.1 Å². The molecule has 1 nitrogen and oxygen atoms in total.